The van der Waals surface area contributed by atoms with Gasteiger partial charge < -0.3 is 4.90 Å². The van der Waals surface area contributed by atoms with Crippen molar-refractivity contribution in [3.63, 3.8) is 0 Å². The van der Waals surface area contributed by atoms with E-state index in [1.54, 1.807) is 0 Å². The zero-order valence-corrected chi connectivity index (χ0v) is 16.5. The number of hydrogen-bond donors (Lipinski definition) is 0. The molecule has 1 aromatic carbocycles. The Hall–Kier alpha value is -1.50. The van der Waals surface area contributed by atoms with Crippen LogP contribution in [-0.2, 0) is 6.42 Å². The van der Waals surface area contributed by atoms with Crippen molar-refractivity contribution in [3.05, 3.63) is 59.3 Å². The molecule has 2 fully saturated rings. The van der Waals surface area contributed by atoms with Crippen molar-refractivity contribution < 1.29 is 0 Å². The summed E-state index contributed by atoms with van der Waals surface area (Å²) in [5.41, 5.74) is 7.24. The topological polar surface area (TPSA) is 3.24 Å². The average molecular weight is 338 g/mol. The summed E-state index contributed by atoms with van der Waals surface area (Å²) in [7, 11) is 0. The van der Waals surface area contributed by atoms with Gasteiger partial charge in [0.2, 0.25) is 0 Å². The van der Waals surface area contributed by atoms with Gasteiger partial charge in [0.05, 0.1) is 0 Å². The predicted octanol–water partition coefficient (Wildman–Crippen LogP) is 6.21. The molecule has 0 bridgehead atoms. The van der Waals surface area contributed by atoms with Gasteiger partial charge >= 0.3 is 0 Å². The first kappa shape index (κ1) is 18.3. The van der Waals surface area contributed by atoms with Crippen LogP contribution in [0.1, 0.15) is 62.1 Å². The van der Waals surface area contributed by atoms with Gasteiger partial charge in [0, 0.05) is 24.2 Å². The van der Waals surface area contributed by atoms with E-state index in [-0.39, 0.29) is 0 Å². The summed E-state index contributed by atoms with van der Waals surface area (Å²) in [4.78, 5) is 2.64. The molecule has 3 atom stereocenters. The Labute approximate surface area is 154 Å². The molecule has 0 amide bonds. The Bertz CT molecular complexity index is 621. The van der Waals surface area contributed by atoms with E-state index in [1.165, 1.54) is 73.0 Å². The molecule has 1 heterocycles. The maximum atomic E-state index is 4.57. The number of allylic oxidation sites excluding steroid dienone is 2. The molecule has 1 aliphatic carbocycles. The molecule has 1 nitrogen and oxygen atoms in total. The van der Waals surface area contributed by atoms with Crippen LogP contribution in [-0.4, -0.2) is 17.5 Å². The second kappa shape index (κ2) is 7.81. The quantitative estimate of drug-likeness (QED) is 0.591. The number of benzene rings is 1. The fraction of sp³-hybridized carbons (Fsp3) is 0.583. The van der Waals surface area contributed by atoms with E-state index in [1.807, 2.05) is 0 Å². The SMILES string of the molecule is C=C1CCCC(C(C)N2CCCC(Cc3c(C)cccc3C)C2=C)C1. The van der Waals surface area contributed by atoms with Gasteiger partial charge in [-0.1, -0.05) is 36.9 Å². The third-order valence-corrected chi connectivity index (χ3v) is 6.72. The van der Waals surface area contributed by atoms with Crippen LogP contribution < -0.4 is 0 Å². The molecule has 3 unspecified atom stereocenters. The summed E-state index contributed by atoms with van der Waals surface area (Å²) in [6.07, 6.45) is 8.86. The Morgan fingerprint density at radius 1 is 1.12 bits per heavy atom. The van der Waals surface area contributed by atoms with Crippen LogP contribution in [0.2, 0.25) is 0 Å². The molecule has 0 spiro atoms. The van der Waals surface area contributed by atoms with Gasteiger partial charge in [0.1, 0.15) is 0 Å². The number of aryl methyl sites for hydroxylation is 2. The van der Waals surface area contributed by atoms with Crippen LogP contribution in [0.5, 0.6) is 0 Å². The minimum absolute atomic E-state index is 0.600. The van der Waals surface area contributed by atoms with Crippen molar-refractivity contribution in [1.29, 1.82) is 0 Å². The van der Waals surface area contributed by atoms with Crippen LogP contribution in [0.3, 0.4) is 0 Å². The molecule has 25 heavy (non-hydrogen) atoms. The monoisotopic (exact) mass is 337 g/mol. The number of nitrogens with zero attached hydrogens (tertiary/aromatic N) is 1. The molecule has 136 valence electrons. The normalized spacial score (nSPS) is 26.0. The van der Waals surface area contributed by atoms with Gasteiger partial charge in [0.25, 0.3) is 0 Å². The highest BCUT2D eigenvalue weighted by atomic mass is 15.2. The van der Waals surface area contributed by atoms with Crippen molar-refractivity contribution in [2.75, 3.05) is 6.54 Å². The first-order chi connectivity index (χ1) is 12.0. The summed E-state index contributed by atoms with van der Waals surface area (Å²) in [6.45, 7) is 16.9. The summed E-state index contributed by atoms with van der Waals surface area (Å²) >= 11 is 0. The number of rotatable bonds is 4. The van der Waals surface area contributed by atoms with E-state index in [0.29, 0.717) is 12.0 Å². The minimum atomic E-state index is 0.600. The molecule has 0 radical (unpaired) electrons. The molecule has 1 heteroatoms. The van der Waals surface area contributed by atoms with E-state index in [4.69, 9.17) is 0 Å². The minimum Gasteiger partial charge on any atom is -0.372 e. The van der Waals surface area contributed by atoms with Crippen molar-refractivity contribution in [3.8, 4) is 0 Å². The van der Waals surface area contributed by atoms with E-state index in [0.717, 1.165) is 12.3 Å². The smallest absolute Gasteiger partial charge is 0.0289 e. The summed E-state index contributed by atoms with van der Waals surface area (Å²) in [5.74, 6) is 1.36. The maximum absolute atomic E-state index is 4.57. The van der Waals surface area contributed by atoms with E-state index < -0.39 is 0 Å². The Balaban J connectivity index is 1.71. The summed E-state index contributed by atoms with van der Waals surface area (Å²) < 4.78 is 0. The second-order valence-electron chi connectivity index (χ2n) is 8.45. The zero-order chi connectivity index (χ0) is 18.0. The van der Waals surface area contributed by atoms with Gasteiger partial charge in [-0.25, -0.2) is 0 Å². The average Bonchev–Trinajstić information content (AvgIpc) is 2.59. The largest absolute Gasteiger partial charge is 0.372 e. The van der Waals surface area contributed by atoms with Gasteiger partial charge in [-0.15, -0.1) is 0 Å². The lowest BCUT2D eigenvalue weighted by Crippen LogP contribution is -2.43. The molecule has 1 saturated carbocycles. The van der Waals surface area contributed by atoms with Crippen LogP contribution in [0, 0.1) is 25.7 Å². The van der Waals surface area contributed by atoms with E-state index in [2.05, 4.69) is 57.0 Å². The fourth-order valence-electron chi connectivity index (χ4n) is 5.01. The molecule has 0 N–H and O–H groups in total. The standard InChI is InChI=1S/C24H35N/c1-17-9-6-12-22(15-17)20(4)25-14-8-13-23(21(25)5)16-24-18(2)10-7-11-19(24)3/h7,10-11,20,22-23H,1,5-6,8-9,12-16H2,2-4H3. The molecule has 3 rings (SSSR count). The lowest BCUT2D eigenvalue weighted by Gasteiger charge is -2.45. The molecular formula is C24H35N. The van der Waals surface area contributed by atoms with Gasteiger partial charge in [-0.3, -0.25) is 0 Å². The third-order valence-electron chi connectivity index (χ3n) is 6.72. The van der Waals surface area contributed by atoms with Crippen molar-refractivity contribution >= 4 is 0 Å². The first-order valence-corrected chi connectivity index (χ1v) is 10.1. The summed E-state index contributed by atoms with van der Waals surface area (Å²) in [5, 5.41) is 0. The highest BCUT2D eigenvalue weighted by Crippen LogP contribution is 2.37. The molecule has 0 aromatic heterocycles. The number of likely N-dealkylation sites (tertiary alicyclic amines) is 1. The van der Waals surface area contributed by atoms with Crippen LogP contribution >= 0.6 is 0 Å². The molecular weight excluding hydrogens is 302 g/mol. The maximum Gasteiger partial charge on any atom is 0.0289 e. The Morgan fingerprint density at radius 2 is 1.84 bits per heavy atom. The van der Waals surface area contributed by atoms with Crippen molar-refractivity contribution in [2.45, 2.75) is 71.8 Å². The molecule has 1 aliphatic heterocycles. The number of hydrogen-bond acceptors (Lipinski definition) is 1. The van der Waals surface area contributed by atoms with Gasteiger partial charge in [0.15, 0.2) is 0 Å². The predicted molar refractivity (Wildman–Crippen MR) is 109 cm³/mol. The van der Waals surface area contributed by atoms with Crippen molar-refractivity contribution in [1.82, 2.24) is 4.90 Å². The second-order valence-corrected chi connectivity index (χ2v) is 8.45. The third kappa shape index (κ3) is 4.02. The van der Waals surface area contributed by atoms with Gasteiger partial charge in [-0.05, 0) is 88.3 Å². The van der Waals surface area contributed by atoms with E-state index >= 15 is 0 Å². The fourth-order valence-corrected chi connectivity index (χ4v) is 5.01. The Morgan fingerprint density at radius 3 is 2.52 bits per heavy atom. The number of piperidine rings is 1. The van der Waals surface area contributed by atoms with E-state index in [9.17, 15) is 0 Å². The Kier molecular flexibility index (Phi) is 5.71. The zero-order valence-electron chi connectivity index (χ0n) is 16.5. The highest BCUT2D eigenvalue weighted by Gasteiger charge is 2.32. The molecule has 1 aromatic rings. The first-order valence-electron chi connectivity index (χ1n) is 10.1. The van der Waals surface area contributed by atoms with Gasteiger partial charge in [-0.2, -0.15) is 0 Å². The van der Waals surface area contributed by atoms with Crippen LogP contribution in [0.15, 0.2) is 42.6 Å². The lowest BCUT2D eigenvalue weighted by molar-refractivity contribution is 0.136. The molecule has 2 aliphatic rings. The highest BCUT2D eigenvalue weighted by molar-refractivity contribution is 5.34. The van der Waals surface area contributed by atoms with Crippen LogP contribution in [0.4, 0.5) is 0 Å². The lowest BCUT2D eigenvalue weighted by atomic mass is 9.79. The van der Waals surface area contributed by atoms with Crippen LogP contribution in [0.25, 0.3) is 0 Å². The summed E-state index contributed by atoms with van der Waals surface area (Å²) in [6, 6.07) is 7.28. The molecule has 1 saturated heterocycles. The van der Waals surface area contributed by atoms with Crippen molar-refractivity contribution in [2.24, 2.45) is 11.8 Å².